The maximum Gasteiger partial charge on any atom is 0.0108 e. The van der Waals surface area contributed by atoms with Gasteiger partial charge in [0.2, 0.25) is 0 Å². The zero-order chi connectivity index (χ0) is 13.6. The number of nitrogens with zero attached hydrogens (tertiary/aromatic N) is 1. The van der Waals surface area contributed by atoms with Crippen molar-refractivity contribution >= 4 is 11.8 Å². The number of nitrogens with one attached hydrogen (secondary N) is 1. The maximum absolute atomic E-state index is 3.42. The molecule has 0 unspecified atom stereocenters. The molecule has 0 aromatic heterocycles. The van der Waals surface area contributed by atoms with Crippen LogP contribution in [-0.2, 0) is 6.42 Å². The van der Waals surface area contributed by atoms with Gasteiger partial charge in [-0.15, -0.1) is 0 Å². The third kappa shape index (κ3) is 4.00. The minimum absolute atomic E-state index is 0.815. The van der Waals surface area contributed by atoms with E-state index in [0.717, 1.165) is 19.0 Å². The Morgan fingerprint density at radius 1 is 1.15 bits per heavy atom. The second-order valence-electron chi connectivity index (χ2n) is 5.97. The largest absolute Gasteiger partial charge is 0.314 e. The molecule has 0 radical (unpaired) electrons. The fourth-order valence-electron chi connectivity index (χ4n) is 3.26. The highest BCUT2D eigenvalue weighted by Crippen LogP contribution is 2.31. The number of hydrogen-bond acceptors (Lipinski definition) is 3. The Morgan fingerprint density at radius 2 is 1.95 bits per heavy atom. The number of thioether (sulfide) groups is 1. The van der Waals surface area contributed by atoms with Crippen LogP contribution in [0, 0.1) is 0 Å². The number of rotatable bonds is 4. The molecule has 2 aliphatic heterocycles. The minimum Gasteiger partial charge on any atom is -0.314 e. The fraction of sp³-hybridized carbons (Fsp3) is 0.647. The van der Waals surface area contributed by atoms with Crippen LogP contribution in [0.2, 0.25) is 0 Å². The van der Waals surface area contributed by atoms with E-state index in [4.69, 9.17) is 0 Å². The van der Waals surface area contributed by atoms with Crippen molar-refractivity contribution in [2.75, 3.05) is 44.2 Å². The summed E-state index contributed by atoms with van der Waals surface area (Å²) in [5.41, 5.74) is 3.11. The van der Waals surface area contributed by atoms with Crippen LogP contribution in [0.4, 0.5) is 0 Å². The van der Waals surface area contributed by atoms with E-state index < -0.39 is 0 Å². The molecule has 2 aliphatic rings. The van der Waals surface area contributed by atoms with Crippen molar-refractivity contribution in [2.45, 2.75) is 25.2 Å². The van der Waals surface area contributed by atoms with Gasteiger partial charge in [0.05, 0.1) is 0 Å². The molecule has 0 amide bonds. The molecule has 110 valence electrons. The molecule has 3 heteroatoms. The van der Waals surface area contributed by atoms with E-state index in [0.29, 0.717) is 0 Å². The Morgan fingerprint density at radius 3 is 2.75 bits per heavy atom. The molecule has 2 heterocycles. The average molecular weight is 290 g/mol. The SMILES string of the molecule is c1cc(CCN2CCNCC2)cc(C2CCSCC2)c1. The Bertz CT molecular complexity index is 409. The van der Waals surface area contributed by atoms with E-state index in [1.165, 1.54) is 56.0 Å². The van der Waals surface area contributed by atoms with Crippen LogP contribution in [0.5, 0.6) is 0 Å². The molecule has 1 aromatic carbocycles. The number of piperazine rings is 1. The van der Waals surface area contributed by atoms with Gasteiger partial charge in [-0.3, -0.25) is 0 Å². The van der Waals surface area contributed by atoms with E-state index >= 15 is 0 Å². The lowest BCUT2D eigenvalue weighted by atomic mass is 9.92. The molecule has 1 aromatic rings. The zero-order valence-electron chi connectivity index (χ0n) is 12.3. The zero-order valence-corrected chi connectivity index (χ0v) is 13.1. The van der Waals surface area contributed by atoms with Crippen LogP contribution in [-0.4, -0.2) is 49.1 Å². The molecule has 3 rings (SSSR count). The molecule has 0 spiro atoms. The van der Waals surface area contributed by atoms with Gasteiger partial charge in [0, 0.05) is 32.7 Å². The third-order valence-electron chi connectivity index (χ3n) is 4.57. The van der Waals surface area contributed by atoms with Crippen molar-refractivity contribution in [3.05, 3.63) is 35.4 Å². The van der Waals surface area contributed by atoms with Gasteiger partial charge in [-0.05, 0) is 47.8 Å². The van der Waals surface area contributed by atoms with Crippen molar-refractivity contribution in [3.8, 4) is 0 Å². The summed E-state index contributed by atoms with van der Waals surface area (Å²) in [5, 5.41) is 3.42. The Balaban J connectivity index is 1.56. The van der Waals surface area contributed by atoms with Gasteiger partial charge < -0.3 is 10.2 Å². The van der Waals surface area contributed by atoms with Gasteiger partial charge in [-0.25, -0.2) is 0 Å². The predicted molar refractivity (Wildman–Crippen MR) is 88.8 cm³/mol. The summed E-state index contributed by atoms with van der Waals surface area (Å²) in [6, 6.07) is 9.39. The number of benzene rings is 1. The van der Waals surface area contributed by atoms with Crippen LogP contribution in [0.3, 0.4) is 0 Å². The lowest BCUT2D eigenvalue weighted by molar-refractivity contribution is 0.244. The standard InChI is InChI=1S/C17H26N2S/c1-2-15(4-9-19-10-7-18-8-11-19)14-17(3-1)16-5-12-20-13-6-16/h1-3,14,16,18H,4-13H2. The van der Waals surface area contributed by atoms with Crippen molar-refractivity contribution in [2.24, 2.45) is 0 Å². The molecule has 1 N–H and O–H groups in total. The van der Waals surface area contributed by atoms with Crippen LogP contribution in [0.15, 0.2) is 24.3 Å². The molecule has 0 bridgehead atoms. The second-order valence-corrected chi connectivity index (χ2v) is 7.20. The van der Waals surface area contributed by atoms with Gasteiger partial charge in [0.1, 0.15) is 0 Å². The van der Waals surface area contributed by atoms with Gasteiger partial charge in [-0.2, -0.15) is 11.8 Å². The third-order valence-corrected chi connectivity index (χ3v) is 5.62. The summed E-state index contributed by atoms with van der Waals surface area (Å²) in [5.74, 6) is 3.50. The van der Waals surface area contributed by atoms with Crippen LogP contribution < -0.4 is 5.32 Å². The van der Waals surface area contributed by atoms with Crippen molar-refractivity contribution in [1.82, 2.24) is 10.2 Å². The van der Waals surface area contributed by atoms with E-state index in [1.807, 2.05) is 0 Å². The van der Waals surface area contributed by atoms with Gasteiger partial charge in [0.25, 0.3) is 0 Å². The molecular weight excluding hydrogens is 264 g/mol. The summed E-state index contributed by atoms with van der Waals surface area (Å²) in [6.07, 6.45) is 3.94. The Hall–Kier alpha value is -0.510. The van der Waals surface area contributed by atoms with Crippen LogP contribution in [0.1, 0.15) is 29.9 Å². The predicted octanol–water partition coefficient (Wildman–Crippen LogP) is 2.74. The molecule has 0 saturated carbocycles. The molecule has 20 heavy (non-hydrogen) atoms. The van der Waals surface area contributed by atoms with Crippen molar-refractivity contribution < 1.29 is 0 Å². The summed E-state index contributed by atoms with van der Waals surface area (Å²) >= 11 is 2.11. The molecule has 0 atom stereocenters. The summed E-state index contributed by atoms with van der Waals surface area (Å²) in [6.45, 7) is 5.93. The Labute approximate surface area is 127 Å². The first-order chi connectivity index (χ1) is 9.92. The molecule has 2 nitrogen and oxygen atoms in total. The molecule has 2 saturated heterocycles. The summed E-state index contributed by atoms with van der Waals surface area (Å²) < 4.78 is 0. The van der Waals surface area contributed by atoms with E-state index in [9.17, 15) is 0 Å². The molecule has 0 aliphatic carbocycles. The molecular formula is C17H26N2S. The Kier molecular flexibility index (Phi) is 5.40. The highest BCUT2D eigenvalue weighted by molar-refractivity contribution is 7.99. The normalized spacial score (nSPS) is 22.0. The topological polar surface area (TPSA) is 15.3 Å². The summed E-state index contributed by atoms with van der Waals surface area (Å²) in [7, 11) is 0. The lowest BCUT2D eigenvalue weighted by Crippen LogP contribution is -2.44. The monoisotopic (exact) mass is 290 g/mol. The maximum atomic E-state index is 3.42. The van der Waals surface area contributed by atoms with Gasteiger partial charge >= 0.3 is 0 Å². The first-order valence-corrected chi connectivity index (χ1v) is 9.17. The minimum atomic E-state index is 0.815. The van der Waals surface area contributed by atoms with E-state index in [2.05, 4.69) is 46.2 Å². The highest BCUT2D eigenvalue weighted by atomic mass is 32.2. The quantitative estimate of drug-likeness (QED) is 0.918. The lowest BCUT2D eigenvalue weighted by Gasteiger charge is -2.27. The van der Waals surface area contributed by atoms with Crippen molar-refractivity contribution in [3.63, 3.8) is 0 Å². The average Bonchev–Trinajstić information content (AvgIpc) is 2.55. The number of hydrogen-bond donors (Lipinski definition) is 1. The smallest absolute Gasteiger partial charge is 0.0108 e. The van der Waals surface area contributed by atoms with E-state index in [-0.39, 0.29) is 0 Å². The first-order valence-electron chi connectivity index (χ1n) is 8.01. The first kappa shape index (κ1) is 14.4. The van der Waals surface area contributed by atoms with Crippen LogP contribution >= 0.6 is 11.8 Å². The second kappa shape index (κ2) is 7.48. The fourth-order valence-corrected chi connectivity index (χ4v) is 4.36. The van der Waals surface area contributed by atoms with Gasteiger partial charge in [-0.1, -0.05) is 24.3 Å². The summed E-state index contributed by atoms with van der Waals surface area (Å²) in [4.78, 5) is 2.58. The molecule has 2 fully saturated rings. The highest BCUT2D eigenvalue weighted by Gasteiger charge is 2.16. The van der Waals surface area contributed by atoms with E-state index in [1.54, 1.807) is 5.56 Å². The van der Waals surface area contributed by atoms with Gasteiger partial charge in [0.15, 0.2) is 0 Å². The van der Waals surface area contributed by atoms with Crippen LogP contribution in [0.25, 0.3) is 0 Å². The van der Waals surface area contributed by atoms with Crippen molar-refractivity contribution in [1.29, 1.82) is 0 Å².